The molecule has 0 atom stereocenters. The third kappa shape index (κ3) is 1.58. The summed E-state index contributed by atoms with van der Waals surface area (Å²) in [6, 6.07) is 3.56. The lowest BCUT2D eigenvalue weighted by Crippen LogP contribution is -2.36. The van der Waals surface area contributed by atoms with Crippen LogP contribution in [0.5, 0.6) is 0 Å². The van der Waals surface area contributed by atoms with Gasteiger partial charge in [-0.05, 0) is 19.5 Å². The van der Waals surface area contributed by atoms with Crippen molar-refractivity contribution in [3.05, 3.63) is 0 Å². The van der Waals surface area contributed by atoms with Crippen LogP contribution in [0.4, 0.5) is 4.11 Å². The van der Waals surface area contributed by atoms with Gasteiger partial charge < -0.3 is 4.11 Å². The van der Waals surface area contributed by atoms with Crippen LogP contribution in [0.2, 0.25) is 18.1 Å². The first-order chi connectivity index (χ1) is 4.93. The van der Waals surface area contributed by atoms with Gasteiger partial charge in [-0.1, -0.05) is 6.92 Å². The standard InChI is InChI=1S/C7H11FN2Si/c1-4-7(5-9,6-10)11(2,3)8/h4H2,1-3H3. The van der Waals surface area contributed by atoms with Crippen LogP contribution < -0.4 is 0 Å². The molecule has 0 spiro atoms. The van der Waals surface area contributed by atoms with Crippen molar-refractivity contribution in [3.63, 3.8) is 0 Å². The number of nitrogens with zero attached hydrogens (tertiary/aromatic N) is 2. The number of rotatable bonds is 2. The molecule has 0 aromatic heterocycles. The normalized spacial score (nSPS) is 11.8. The Morgan fingerprint density at radius 2 is 1.73 bits per heavy atom. The third-order valence-electron chi connectivity index (χ3n) is 1.93. The molecule has 4 heteroatoms. The topological polar surface area (TPSA) is 47.6 Å². The number of halogens is 1. The summed E-state index contributed by atoms with van der Waals surface area (Å²) in [6.07, 6.45) is 0.274. The van der Waals surface area contributed by atoms with Crippen LogP contribution in [0.15, 0.2) is 0 Å². The van der Waals surface area contributed by atoms with Gasteiger partial charge >= 0.3 is 0 Å². The van der Waals surface area contributed by atoms with Crippen LogP contribution in [0.25, 0.3) is 0 Å². The maximum absolute atomic E-state index is 13.4. The maximum atomic E-state index is 13.4. The Bertz CT molecular complexity index is 204. The molecule has 11 heavy (non-hydrogen) atoms. The molecule has 0 rings (SSSR count). The fraction of sp³-hybridized carbons (Fsp3) is 0.714. The fourth-order valence-electron chi connectivity index (χ4n) is 0.869. The molecule has 0 aromatic rings. The van der Waals surface area contributed by atoms with Gasteiger partial charge in [0.1, 0.15) is 0 Å². The Labute approximate surface area is 67.4 Å². The first-order valence-electron chi connectivity index (χ1n) is 3.45. The maximum Gasteiger partial charge on any atom is 0.275 e. The van der Waals surface area contributed by atoms with Gasteiger partial charge in [-0.25, -0.2) is 0 Å². The van der Waals surface area contributed by atoms with Crippen LogP contribution in [0.3, 0.4) is 0 Å². The first kappa shape index (κ1) is 10.1. The Balaban J connectivity index is 4.94. The summed E-state index contributed by atoms with van der Waals surface area (Å²) in [5.74, 6) is 0. The zero-order chi connectivity index (χ0) is 9.12. The molecule has 0 heterocycles. The van der Waals surface area contributed by atoms with E-state index in [2.05, 4.69) is 0 Å². The summed E-state index contributed by atoms with van der Waals surface area (Å²) >= 11 is 0. The molecule has 0 bridgehead atoms. The molecule has 2 nitrogen and oxygen atoms in total. The highest BCUT2D eigenvalue weighted by atomic mass is 28.4. The van der Waals surface area contributed by atoms with Gasteiger partial charge in [-0.3, -0.25) is 0 Å². The van der Waals surface area contributed by atoms with Gasteiger partial charge in [-0.2, -0.15) is 10.5 Å². The van der Waals surface area contributed by atoms with Gasteiger partial charge in [0.25, 0.3) is 8.41 Å². The monoisotopic (exact) mass is 170 g/mol. The molecule has 0 saturated heterocycles. The zero-order valence-electron chi connectivity index (χ0n) is 6.98. The van der Waals surface area contributed by atoms with E-state index in [4.69, 9.17) is 10.5 Å². The van der Waals surface area contributed by atoms with E-state index in [1.54, 1.807) is 19.1 Å². The van der Waals surface area contributed by atoms with Crippen LogP contribution >= 0.6 is 0 Å². The molecule has 0 aliphatic rings. The molecule has 0 N–H and O–H groups in total. The van der Waals surface area contributed by atoms with Gasteiger partial charge in [-0.15, -0.1) is 0 Å². The van der Waals surface area contributed by atoms with Crippen molar-refractivity contribution in [2.24, 2.45) is 0 Å². The highest BCUT2D eigenvalue weighted by Crippen LogP contribution is 2.40. The highest BCUT2D eigenvalue weighted by molar-refractivity contribution is 6.75. The molecule has 0 aliphatic carbocycles. The minimum Gasteiger partial charge on any atom is -0.312 e. The van der Waals surface area contributed by atoms with E-state index in [0.29, 0.717) is 0 Å². The van der Waals surface area contributed by atoms with Gasteiger partial charge in [0.05, 0.1) is 12.1 Å². The SMILES string of the molecule is CCC(C#N)(C#N)[Si](C)(C)F. The second-order valence-electron chi connectivity index (χ2n) is 2.95. The van der Waals surface area contributed by atoms with Gasteiger partial charge in [0, 0.05) is 0 Å². The lowest BCUT2D eigenvalue weighted by Gasteiger charge is -2.24. The number of hydrogen-bond acceptors (Lipinski definition) is 2. The van der Waals surface area contributed by atoms with Crippen LogP contribution in [-0.4, -0.2) is 8.41 Å². The number of hydrogen-bond donors (Lipinski definition) is 0. The summed E-state index contributed by atoms with van der Waals surface area (Å²) < 4.78 is 13.4. The molecule has 60 valence electrons. The van der Waals surface area contributed by atoms with E-state index >= 15 is 0 Å². The summed E-state index contributed by atoms with van der Waals surface area (Å²) in [5.41, 5.74) is 0. The van der Waals surface area contributed by atoms with Crippen molar-refractivity contribution in [3.8, 4) is 12.1 Å². The Kier molecular flexibility index (Phi) is 2.78. The Morgan fingerprint density at radius 3 is 1.73 bits per heavy atom. The lowest BCUT2D eigenvalue weighted by atomic mass is 10.1. The Morgan fingerprint density at radius 1 is 1.36 bits per heavy atom. The molecular formula is C7H11FN2Si. The fourth-order valence-corrected chi connectivity index (χ4v) is 2.24. The molecule has 0 aliphatic heterocycles. The zero-order valence-corrected chi connectivity index (χ0v) is 7.98. The van der Waals surface area contributed by atoms with Gasteiger partial charge in [0.15, 0.2) is 5.04 Å². The lowest BCUT2D eigenvalue weighted by molar-refractivity contribution is 0.673. The minimum atomic E-state index is -3.16. The van der Waals surface area contributed by atoms with E-state index in [-0.39, 0.29) is 6.42 Å². The summed E-state index contributed by atoms with van der Waals surface area (Å²) in [6.45, 7) is 4.45. The molecular weight excluding hydrogens is 159 g/mol. The van der Waals surface area contributed by atoms with E-state index in [1.165, 1.54) is 13.1 Å². The second-order valence-corrected chi connectivity index (χ2v) is 6.75. The van der Waals surface area contributed by atoms with Crippen molar-refractivity contribution >= 4 is 8.41 Å². The highest BCUT2D eigenvalue weighted by Gasteiger charge is 2.48. The predicted octanol–water partition coefficient (Wildman–Crippen LogP) is 2.36. The molecule has 0 unspecified atom stereocenters. The second kappa shape index (κ2) is 3.02. The van der Waals surface area contributed by atoms with Crippen molar-refractivity contribution in [1.82, 2.24) is 0 Å². The molecule has 0 fully saturated rings. The molecule has 0 saturated carbocycles. The van der Waals surface area contributed by atoms with Crippen LogP contribution in [0, 0.1) is 22.7 Å². The van der Waals surface area contributed by atoms with Crippen LogP contribution in [-0.2, 0) is 0 Å². The summed E-state index contributed by atoms with van der Waals surface area (Å²) in [5, 5.41) is 15.9. The molecule has 0 amide bonds. The van der Waals surface area contributed by atoms with Gasteiger partial charge in [0.2, 0.25) is 0 Å². The smallest absolute Gasteiger partial charge is 0.275 e. The summed E-state index contributed by atoms with van der Waals surface area (Å²) in [7, 11) is -3.16. The van der Waals surface area contributed by atoms with E-state index in [1.807, 2.05) is 0 Å². The first-order valence-corrected chi connectivity index (χ1v) is 6.32. The third-order valence-corrected chi connectivity index (χ3v) is 4.53. The van der Waals surface area contributed by atoms with Crippen LogP contribution in [0.1, 0.15) is 13.3 Å². The molecule has 0 radical (unpaired) electrons. The average molecular weight is 170 g/mol. The van der Waals surface area contributed by atoms with Crippen molar-refractivity contribution in [2.75, 3.05) is 0 Å². The average Bonchev–Trinajstić information content (AvgIpc) is 1.90. The molecule has 0 aromatic carbocycles. The van der Waals surface area contributed by atoms with Crippen molar-refractivity contribution in [2.45, 2.75) is 31.5 Å². The number of nitriles is 2. The largest absolute Gasteiger partial charge is 0.312 e. The minimum absolute atomic E-state index is 0.274. The summed E-state index contributed by atoms with van der Waals surface area (Å²) in [4.78, 5) is 0. The van der Waals surface area contributed by atoms with Crippen molar-refractivity contribution < 1.29 is 4.11 Å². The van der Waals surface area contributed by atoms with E-state index in [0.717, 1.165) is 0 Å². The van der Waals surface area contributed by atoms with Crippen molar-refractivity contribution in [1.29, 1.82) is 10.5 Å². The predicted molar refractivity (Wildman–Crippen MR) is 42.8 cm³/mol. The Hall–Kier alpha value is -0.873. The van der Waals surface area contributed by atoms with E-state index in [9.17, 15) is 4.11 Å². The quantitative estimate of drug-likeness (QED) is 0.472. The van der Waals surface area contributed by atoms with E-state index < -0.39 is 13.4 Å².